The second-order valence-electron chi connectivity index (χ2n) is 7.87. The molecule has 5 heteroatoms. The summed E-state index contributed by atoms with van der Waals surface area (Å²) in [4.78, 5) is 0. The zero-order valence-corrected chi connectivity index (χ0v) is 12.8. The second kappa shape index (κ2) is 4.97. The minimum Gasteiger partial charge on any atom is -0.407 e. The molecule has 1 aromatic rings. The summed E-state index contributed by atoms with van der Waals surface area (Å²) in [5.41, 5.74) is 6.09. The van der Waals surface area contributed by atoms with E-state index < -0.39 is 0 Å². The molecule has 1 atom stereocenters. The van der Waals surface area contributed by atoms with Crippen LogP contribution in [-0.4, -0.2) is 16.2 Å². The van der Waals surface area contributed by atoms with Gasteiger partial charge in [-0.05, 0) is 75.0 Å². The molecule has 1 aromatic heterocycles. The topological polar surface area (TPSA) is 77.0 Å². The SMILES string of the molecule is CC(CC12CC3CC(CC(C3)C1)C2)Nc1nnc(CN)o1. The largest absolute Gasteiger partial charge is 0.407 e. The lowest BCUT2D eigenvalue weighted by Crippen LogP contribution is -2.47. The van der Waals surface area contributed by atoms with Gasteiger partial charge in [-0.25, -0.2) is 0 Å². The van der Waals surface area contributed by atoms with Crippen molar-refractivity contribution in [3.8, 4) is 0 Å². The molecule has 0 spiro atoms. The summed E-state index contributed by atoms with van der Waals surface area (Å²) in [6, 6.07) is 0.903. The Bertz CT molecular complexity index is 477. The highest BCUT2D eigenvalue weighted by molar-refractivity contribution is 5.19. The monoisotopic (exact) mass is 290 g/mol. The van der Waals surface area contributed by atoms with Crippen molar-refractivity contribution in [1.29, 1.82) is 0 Å². The third kappa shape index (κ3) is 2.56. The molecule has 3 N–H and O–H groups in total. The molecule has 0 aliphatic heterocycles. The highest BCUT2D eigenvalue weighted by Crippen LogP contribution is 2.61. The van der Waals surface area contributed by atoms with Crippen LogP contribution in [0.2, 0.25) is 0 Å². The van der Waals surface area contributed by atoms with Crippen molar-refractivity contribution >= 4 is 6.01 Å². The molecule has 4 saturated carbocycles. The molecule has 4 bridgehead atoms. The first kappa shape index (κ1) is 13.6. The van der Waals surface area contributed by atoms with Gasteiger partial charge in [0.05, 0.1) is 6.54 Å². The van der Waals surface area contributed by atoms with E-state index in [0.717, 1.165) is 17.8 Å². The lowest BCUT2D eigenvalue weighted by Gasteiger charge is -2.57. The number of aromatic nitrogens is 2. The molecule has 4 fully saturated rings. The third-order valence-electron chi connectivity index (χ3n) is 5.92. The van der Waals surface area contributed by atoms with Gasteiger partial charge >= 0.3 is 6.01 Å². The predicted octanol–water partition coefficient (Wildman–Crippen LogP) is 2.94. The predicted molar refractivity (Wildman–Crippen MR) is 80.5 cm³/mol. The molecule has 1 heterocycles. The fourth-order valence-electron chi connectivity index (χ4n) is 5.85. The van der Waals surface area contributed by atoms with Gasteiger partial charge in [0.2, 0.25) is 5.89 Å². The van der Waals surface area contributed by atoms with Gasteiger partial charge < -0.3 is 15.5 Å². The van der Waals surface area contributed by atoms with Crippen LogP contribution in [0.1, 0.15) is 57.8 Å². The minimum absolute atomic E-state index is 0.304. The molecule has 116 valence electrons. The maximum atomic E-state index is 5.50. The molecule has 0 aromatic carbocycles. The smallest absolute Gasteiger partial charge is 0.315 e. The van der Waals surface area contributed by atoms with Crippen LogP contribution in [0.4, 0.5) is 6.01 Å². The van der Waals surface area contributed by atoms with Crippen molar-refractivity contribution in [3.05, 3.63) is 5.89 Å². The van der Waals surface area contributed by atoms with E-state index in [1.165, 1.54) is 44.9 Å². The average molecular weight is 290 g/mol. The van der Waals surface area contributed by atoms with Crippen LogP contribution in [0.5, 0.6) is 0 Å². The van der Waals surface area contributed by atoms with Gasteiger partial charge in [-0.15, -0.1) is 5.10 Å². The summed E-state index contributed by atoms with van der Waals surface area (Å²) in [5, 5.41) is 11.3. The molecular weight excluding hydrogens is 264 g/mol. The molecule has 1 unspecified atom stereocenters. The summed E-state index contributed by atoms with van der Waals surface area (Å²) in [6.45, 7) is 2.54. The summed E-state index contributed by atoms with van der Waals surface area (Å²) >= 11 is 0. The van der Waals surface area contributed by atoms with E-state index in [0.29, 0.717) is 29.9 Å². The number of nitrogens with zero attached hydrogens (tertiary/aromatic N) is 2. The number of nitrogens with two attached hydrogens (primary N) is 1. The van der Waals surface area contributed by atoms with Crippen LogP contribution in [0.3, 0.4) is 0 Å². The molecule has 0 amide bonds. The number of rotatable bonds is 5. The number of anilines is 1. The standard InChI is InChI=1S/C16H26N4O/c1-10(18-15-20-19-14(9-17)21-15)5-16-6-11-2-12(7-16)4-13(3-11)8-16/h10-13H,2-9,17H2,1H3,(H,18,20). The Morgan fingerprint density at radius 3 is 2.33 bits per heavy atom. The minimum atomic E-state index is 0.304. The molecule has 5 nitrogen and oxygen atoms in total. The second-order valence-corrected chi connectivity index (χ2v) is 7.87. The van der Waals surface area contributed by atoms with Crippen molar-refractivity contribution in [2.45, 2.75) is 64.5 Å². The maximum absolute atomic E-state index is 5.50. The molecule has 5 rings (SSSR count). The fourth-order valence-corrected chi connectivity index (χ4v) is 5.85. The lowest BCUT2D eigenvalue weighted by molar-refractivity contribution is -0.0588. The van der Waals surface area contributed by atoms with Gasteiger partial charge in [-0.3, -0.25) is 0 Å². The number of hydrogen-bond acceptors (Lipinski definition) is 5. The van der Waals surface area contributed by atoms with E-state index in [-0.39, 0.29) is 0 Å². The van der Waals surface area contributed by atoms with Crippen LogP contribution in [0, 0.1) is 23.2 Å². The van der Waals surface area contributed by atoms with Crippen LogP contribution in [-0.2, 0) is 6.54 Å². The van der Waals surface area contributed by atoms with Crippen molar-refractivity contribution in [3.63, 3.8) is 0 Å². The average Bonchev–Trinajstić information content (AvgIpc) is 2.83. The van der Waals surface area contributed by atoms with Crippen molar-refractivity contribution in [2.24, 2.45) is 28.9 Å². The summed E-state index contributed by atoms with van der Waals surface area (Å²) in [6.07, 6.45) is 10.1. The Kier molecular flexibility index (Phi) is 3.21. The van der Waals surface area contributed by atoms with Crippen LogP contribution in [0.15, 0.2) is 4.42 Å². The van der Waals surface area contributed by atoms with Crippen molar-refractivity contribution in [1.82, 2.24) is 10.2 Å². The zero-order chi connectivity index (χ0) is 14.4. The number of nitrogens with one attached hydrogen (secondary N) is 1. The van der Waals surface area contributed by atoms with Gasteiger partial charge in [-0.1, -0.05) is 5.10 Å². The summed E-state index contributed by atoms with van der Waals surface area (Å²) < 4.78 is 5.47. The van der Waals surface area contributed by atoms with Crippen LogP contribution in [0.25, 0.3) is 0 Å². The van der Waals surface area contributed by atoms with Gasteiger partial charge in [0.15, 0.2) is 0 Å². The van der Waals surface area contributed by atoms with Gasteiger partial charge in [0.25, 0.3) is 0 Å². The Morgan fingerprint density at radius 2 is 1.81 bits per heavy atom. The van der Waals surface area contributed by atoms with E-state index in [9.17, 15) is 0 Å². The van der Waals surface area contributed by atoms with Gasteiger partial charge in [-0.2, -0.15) is 0 Å². The molecular formula is C16H26N4O. The zero-order valence-electron chi connectivity index (χ0n) is 12.8. The van der Waals surface area contributed by atoms with E-state index in [2.05, 4.69) is 22.4 Å². The van der Waals surface area contributed by atoms with Crippen LogP contribution < -0.4 is 11.1 Å². The van der Waals surface area contributed by atoms with Crippen molar-refractivity contribution < 1.29 is 4.42 Å². The molecule has 0 radical (unpaired) electrons. The first-order chi connectivity index (χ1) is 10.1. The Morgan fingerprint density at radius 1 is 1.19 bits per heavy atom. The number of hydrogen-bond donors (Lipinski definition) is 2. The van der Waals surface area contributed by atoms with Crippen LogP contribution >= 0.6 is 0 Å². The molecule has 0 saturated heterocycles. The Hall–Kier alpha value is -1.10. The van der Waals surface area contributed by atoms with E-state index in [1.54, 1.807) is 0 Å². The highest BCUT2D eigenvalue weighted by atomic mass is 16.4. The fraction of sp³-hybridized carbons (Fsp3) is 0.875. The van der Waals surface area contributed by atoms with Gasteiger partial charge in [0, 0.05) is 6.04 Å². The third-order valence-corrected chi connectivity index (χ3v) is 5.92. The Labute approximate surface area is 126 Å². The molecule has 4 aliphatic rings. The Balaban J connectivity index is 1.41. The summed E-state index contributed by atoms with van der Waals surface area (Å²) in [7, 11) is 0. The van der Waals surface area contributed by atoms with Crippen molar-refractivity contribution in [2.75, 3.05) is 5.32 Å². The molecule has 4 aliphatic carbocycles. The quantitative estimate of drug-likeness (QED) is 0.872. The van der Waals surface area contributed by atoms with E-state index >= 15 is 0 Å². The van der Waals surface area contributed by atoms with E-state index in [4.69, 9.17) is 10.2 Å². The first-order valence-electron chi connectivity index (χ1n) is 8.43. The van der Waals surface area contributed by atoms with Gasteiger partial charge in [0.1, 0.15) is 0 Å². The highest BCUT2D eigenvalue weighted by Gasteiger charge is 2.50. The first-order valence-corrected chi connectivity index (χ1v) is 8.43. The summed E-state index contributed by atoms with van der Waals surface area (Å²) in [5.74, 6) is 3.53. The maximum Gasteiger partial charge on any atom is 0.315 e. The lowest BCUT2D eigenvalue weighted by atomic mass is 9.48. The molecule has 21 heavy (non-hydrogen) atoms. The normalized spacial score (nSPS) is 38.7. The van der Waals surface area contributed by atoms with E-state index in [1.807, 2.05) is 0 Å².